The van der Waals surface area contributed by atoms with E-state index in [1.165, 1.54) is 0 Å². The van der Waals surface area contributed by atoms with Gasteiger partial charge in [0.05, 0.1) is 52.1 Å². The van der Waals surface area contributed by atoms with Crippen LogP contribution in [0.1, 0.15) is 11.1 Å². The third kappa shape index (κ3) is 4.38. The Balaban J connectivity index is 1.23. The van der Waals surface area contributed by atoms with Crippen LogP contribution >= 0.6 is 0 Å². The number of nitriles is 2. The van der Waals surface area contributed by atoms with Crippen molar-refractivity contribution in [2.45, 2.75) is 0 Å². The molecule has 2 aromatic heterocycles. The summed E-state index contributed by atoms with van der Waals surface area (Å²) in [6.45, 7) is 7.61. The lowest BCUT2D eigenvalue weighted by atomic mass is 9.92. The third-order valence-electron chi connectivity index (χ3n) is 9.61. The van der Waals surface area contributed by atoms with E-state index in [1.54, 1.807) is 0 Å². The minimum absolute atomic E-state index is 0.576. The van der Waals surface area contributed by atoms with Crippen LogP contribution in [0, 0.1) is 29.2 Å². The molecular formula is C45H25N5. The van der Waals surface area contributed by atoms with Crippen molar-refractivity contribution in [1.82, 2.24) is 9.13 Å². The number of nitrogens with zero attached hydrogens (tertiary/aromatic N) is 5. The van der Waals surface area contributed by atoms with Gasteiger partial charge < -0.3 is 9.13 Å². The first-order valence-electron chi connectivity index (χ1n) is 16.3. The molecular weight excluding hydrogens is 611 g/mol. The van der Waals surface area contributed by atoms with Gasteiger partial charge in [0.15, 0.2) is 5.69 Å². The van der Waals surface area contributed by atoms with E-state index >= 15 is 0 Å². The number of benzene rings is 7. The highest BCUT2D eigenvalue weighted by Gasteiger charge is 2.19. The van der Waals surface area contributed by atoms with Crippen LogP contribution in [0.4, 0.5) is 5.69 Å². The predicted molar refractivity (Wildman–Crippen MR) is 202 cm³/mol. The van der Waals surface area contributed by atoms with Crippen LogP contribution in [0.5, 0.6) is 0 Å². The topological polar surface area (TPSA) is 61.8 Å². The molecule has 2 heterocycles. The van der Waals surface area contributed by atoms with E-state index in [0.29, 0.717) is 16.8 Å². The largest absolute Gasteiger partial charge is 0.311 e. The molecule has 0 bridgehead atoms. The van der Waals surface area contributed by atoms with Crippen LogP contribution in [0.2, 0.25) is 0 Å². The van der Waals surface area contributed by atoms with Gasteiger partial charge >= 0.3 is 0 Å². The summed E-state index contributed by atoms with van der Waals surface area (Å²) in [6, 6.07) is 55.7. The molecule has 0 spiro atoms. The van der Waals surface area contributed by atoms with Gasteiger partial charge in [-0.15, -0.1) is 0 Å². The molecule has 50 heavy (non-hydrogen) atoms. The summed E-state index contributed by atoms with van der Waals surface area (Å²) >= 11 is 0. The van der Waals surface area contributed by atoms with Crippen molar-refractivity contribution in [3.05, 3.63) is 174 Å². The molecule has 0 fully saturated rings. The van der Waals surface area contributed by atoms with Gasteiger partial charge in [0, 0.05) is 38.3 Å². The van der Waals surface area contributed by atoms with Crippen molar-refractivity contribution in [3.8, 4) is 45.8 Å². The summed E-state index contributed by atoms with van der Waals surface area (Å²) < 4.78 is 4.46. The molecule has 0 radical (unpaired) electrons. The lowest BCUT2D eigenvalue weighted by Crippen LogP contribution is -1.99. The summed E-state index contributed by atoms with van der Waals surface area (Å²) in [4.78, 5) is 3.70. The Kier molecular flexibility index (Phi) is 6.56. The average molecular weight is 636 g/mol. The fourth-order valence-electron chi connectivity index (χ4n) is 7.38. The Bertz CT molecular complexity index is 2960. The molecule has 5 heteroatoms. The zero-order valence-electron chi connectivity index (χ0n) is 26.7. The molecule has 0 atom stereocenters. The molecule has 7 aromatic carbocycles. The zero-order valence-corrected chi connectivity index (χ0v) is 26.7. The number of aromatic nitrogens is 2. The molecule has 9 rings (SSSR count). The minimum atomic E-state index is 0.576. The molecule has 230 valence electrons. The molecule has 5 nitrogen and oxygen atoms in total. The highest BCUT2D eigenvalue weighted by Crippen LogP contribution is 2.41. The Morgan fingerprint density at radius 1 is 0.460 bits per heavy atom. The third-order valence-corrected chi connectivity index (χ3v) is 9.61. The van der Waals surface area contributed by atoms with E-state index in [2.05, 4.69) is 86.8 Å². The van der Waals surface area contributed by atoms with Crippen LogP contribution in [0.3, 0.4) is 0 Å². The maximum absolute atomic E-state index is 10.0. The monoisotopic (exact) mass is 635 g/mol. The van der Waals surface area contributed by atoms with Crippen molar-refractivity contribution in [3.63, 3.8) is 0 Å². The quantitative estimate of drug-likeness (QED) is 0.181. The van der Waals surface area contributed by atoms with Gasteiger partial charge in [-0.05, 0) is 83.4 Å². The van der Waals surface area contributed by atoms with Crippen molar-refractivity contribution >= 4 is 49.3 Å². The Labute approximate surface area is 288 Å². The fourth-order valence-corrected chi connectivity index (χ4v) is 7.38. The van der Waals surface area contributed by atoms with Gasteiger partial charge in [-0.3, -0.25) is 0 Å². The van der Waals surface area contributed by atoms with Crippen molar-refractivity contribution in [1.29, 1.82) is 10.5 Å². The maximum atomic E-state index is 10.0. The fraction of sp³-hybridized carbons (Fsp3) is 0. The molecule has 0 saturated carbocycles. The Hall–Kier alpha value is -7.39. The highest BCUT2D eigenvalue weighted by atomic mass is 15.0. The molecule has 0 N–H and O–H groups in total. The first-order chi connectivity index (χ1) is 24.7. The van der Waals surface area contributed by atoms with Crippen LogP contribution in [0.15, 0.2) is 152 Å². The summed E-state index contributed by atoms with van der Waals surface area (Å²) in [6.07, 6.45) is 0. The van der Waals surface area contributed by atoms with Crippen LogP contribution in [-0.2, 0) is 0 Å². The number of para-hydroxylation sites is 2. The lowest BCUT2D eigenvalue weighted by Gasteiger charge is -2.18. The second kappa shape index (κ2) is 11.4. The van der Waals surface area contributed by atoms with Gasteiger partial charge in [0.1, 0.15) is 0 Å². The van der Waals surface area contributed by atoms with E-state index in [0.717, 1.165) is 77.2 Å². The van der Waals surface area contributed by atoms with E-state index in [9.17, 15) is 10.5 Å². The van der Waals surface area contributed by atoms with Gasteiger partial charge in [-0.2, -0.15) is 10.5 Å². The summed E-state index contributed by atoms with van der Waals surface area (Å²) in [5.41, 5.74) is 11.9. The molecule has 0 aliphatic heterocycles. The van der Waals surface area contributed by atoms with E-state index in [-0.39, 0.29) is 0 Å². The maximum Gasteiger partial charge on any atom is 0.189 e. The van der Waals surface area contributed by atoms with Crippen LogP contribution in [0.25, 0.3) is 82.1 Å². The molecule has 0 aliphatic carbocycles. The van der Waals surface area contributed by atoms with Crippen molar-refractivity contribution < 1.29 is 0 Å². The predicted octanol–water partition coefficient (Wildman–Crippen LogP) is 11.5. The summed E-state index contributed by atoms with van der Waals surface area (Å²) in [5, 5.41) is 24.0. The van der Waals surface area contributed by atoms with Crippen molar-refractivity contribution in [2.75, 3.05) is 0 Å². The second-order valence-corrected chi connectivity index (χ2v) is 12.3. The Morgan fingerprint density at radius 3 is 1.80 bits per heavy atom. The number of fused-ring (bicyclic) bond motifs is 6. The summed E-state index contributed by atoms with van der Waals surface area (Å²) in [5.74, 6) is 0. The second-order valence-electron chi connectivity index (χ2n) is 12.3. The van der Waals surface area contributed by atoms with Crippen LogP contribution < -0.4 is 0 Å². The first-order valence-corrected chi connectivity index (χ1v) is 16.3. The molecule has 0 amide bonds. The lowest BCUT2D eigenvalue weighted by molar-refractivity contribution is 1.18. The minimum Gasteiger partial charge on any atom is -0.311 e. The van der Waals surface area contributed by atoms with Gasteiger partial charge in [0.2, 0.25) is 0 Å². The van der Waals surface area contributed by atoms with Gasteiger partial charge in [0.25, 0.3) is 0 Å². The first kappa shape index (κ1) is 28.8. The molecule has 0 unspecified atom stereocenters. The normalized spacial score (nSPS) is 11.1. The molecule has 0 aliphatic rings. The van der Waals surface area contributed by atoms with E-state index in [1.807, 2.05) is 91.0 Å². The Morgan fingerprint density at radius 2 is 1.06 bits per heavy atom. The average Bonchev–Trinajstić information content (AvgIpc) is 3.69. The SMILES string of the molecule is [C-]#[N+]c1ccc2c3ccccc3n(-c3ccc(-c4ccccc4-c4cc(C#N)ccc4-n4c5ccccc5c5cc(C#N)ccc54)cc3)c2c1. The number of hydrogen-bond acceptors (Lipinski definition) is 2. The summed E-state index contributed by atoms with van der Waals surface area (Å²) in [7, 11) is 0. The molecule has 9 aromatic rings. The zero-order chi connectivity index (χ0) is 33.8. The number of rotatable bonds is 4. The van der Waals surface area contributed by atoms with E-state index in [4.69, 9.17) is 6.57 Å². The molecule has 0 saturated heterocycles. The van der Waals surface area contributed by atoms with Crippen LogP contribution in [-0.4, -0.2) is 9.13 Å². The standard InChI is InChI=1S/C45H25N5/c1-48-32-18-21-38-36-10-4-6-12-41(36)49(45(38)26-32)33-19-16-31(17-20-33)34-8-2-3-9-35(34)39-24-29(27-46)14-22-43(39)50-42-13-7-5-11-37(42)40-25-30(28-47)15-23-44(40)50/h2-26H. The van der Waals surface area contributed by atoms with Crippen molar-refractivity contribution in [2.24, 2.45) is 0 Å². The smallest absolute Gasteiger partial charge is 0.189 e. The highest BCUT2D eigenvalue weighted by molar-refractivity contribution is 6.11. The van der Waals surface area contributed by atoms with E-state index < -0.39 is 0 Å². The number of hydrogen-bond donors (Lipinski definition) is 0. The van der Waals surface area contributed by atoms with Gasteiger partial charge in [-0.25, -0.2) is 4.85 Å². The van der Waals surface area contributed by atoms with Gasteiger partial charge in [-0.1, -0.05) is 84.9 Å².